The molecule has 3 aromatic heterocycles. The van der Waals surface area contributed by atoms with Crippen LogP contribution in [0.5, 0.6) is 0 Å². The van der Waals surface area contributed by atoms with Gasteiger partial charge in [0.1, 0.15) is 17.9 Å². The number of imidazole rings is 1. The first-order chi connectivity index (χ1) is 14.2. The summed E-state index contributed by atoms with van der Waals surface area (Å²) in [5.41, 5.74) is 2.36. The number of nitrogens with zero attached hydrogens (tertiary/aromatic N) is 3. The van der Waals surface area contributed by atoms with Gasteiger partial charge in [-0.1, -0.05) is 12.1 Å². The molecule has 0 saturated carbocycles. The highest BCUT2D eigenvalue weighted by Crippen LogP contribution is 2.13. The highest BCUT2D eigenvalue weighted by Gasteiger charge is 2.13. The number of H-pyrrole nitrogens is 1. The summed E-state index contributed by atoms with van der Waals surface area (Å²) in [5.74, 6) is 0.578. The maximum Gasteiger partial charge on any atom is 0.273 e. The first-order valence-corrected chi connectivity index (χ1v) is 9.44. The number of unbranched alkanes of at least 4 members (excludes halogenated alkanes) is 1. The van der Waals surface area contributed by atoms with Crippen LogP contribution in [-0.2, 0) is 19.4 Å². The Balaban J connectivity index is 1.23. The maximum absolute atomic E-state index is 13.5. The van der Waals surface area contributed by atoms with Crippen LogP contribution in [0.4, 0.5) is 4.39 Å². The molecule has 0 fully saturated rings. The van der Waals surface area contributed by atoms with E-state index in [9.17, 15) is 9.18 Å². The molecule has 148 valence electrons. The number of hydrogen-bond acceptors (Lipinski definition) is 5. The molecule has 0 aliphatic rings. The van der Waals surface area contributed by atoms with Gasteiger partial charge in [0.25, 0.3) is 5.91 Å². The number of pyridine rings is 1. The summed E-state index contributed by atoms with van der Waals surface area (Å²) in [6.45, 7) is -0.00873. The summed E-state index contributed by atoms with van der Waals surface area (Å²) in [6, 6.07) is 10.7. The number of halogens is 1. The van der Waals surface area contributed by atoms with Gasteiger partial charge in [-0.3, -0.25) is 9.78 Å². The third-order valence-corrected chi connectivity index (χ3v) is 4.53. The summed E-state index contributed by atoms with van der Waals surface area (Å²) in [4.78, 5) is 28.1. The zero-order chi connectivity index (χ0) is 20.1. The van der Waals surface area contributed by atoms with Gasteiger partial charge in [0.05, 0.1) is 23.3 Å². The van der Waals surface area contributed by atoms with E-state index in [-0.39, 0.29) is 17.9 Å². The number of amides is 1. The van der Waals surface area contributed by atoms with Crippen molar-refractivity contribution in [2.45, 2.75) is 32.2 Å². The highest BCUT2D eigenvalue weighted by atomic mass is 19.1. The highest BCUT2D eigenvalue weighted by molar-refractivity contribution is 5.91. The molecule has 0 saturated heterocycles. The topological polar surface area (TPSA) is 96.7 Å². The normalized spacial score (nSPS) is 11.1. The average molecular weight is 393 g/mol. The standard InChI is InChI=1S/C21H20FN5O2/c22-14-6-5-11-23-17(14)12-24-21(28)18-13-29-20(27-18)10-4-3-9-19-25-15-7-1-2-8-16(15)26-19/h1-2,5-8,11,13H,3-4,9-10,12H2,(H,24,28)(H,25,26). The van der Waals surface area contributed by atoms with E-state index < -0.39 is 11.7 Å². The Morgan fingerprint density at radius 1 is 1.10 bits per heavy atom. The molecule has 4 aromatic rings. The lowest BCUT2D eigenvalue weighted by Crippen LogP contribution is -2.24. The molecule has 7 nitrogen and oxygen atoms in total. The number of hydrogen-bond donors (Lipinski definition) is 2. The number of benzene rings is 1. The van der Waals surface area contributed by atoms with E-state index in [1.54, 1.807) is 0 Å². The Morgan fingerprint density at radius 3 is 2.83 bits per heavy atom. The molecule has 3 heterocycles. The molecule has 1 amide bonds. The fourth-order valence-corrected chi connectivity index (χ4v) is 3.03. The van der Waals surface area contributed by atoms with E-state index in [0.717, 1.165) is 36.1 Å². The second kappa shape index (κ2) is 8.64. The van der Waals surface area contributed by atoms with Gasteiger partial charge in [0, 0.05) is 19.0 Å². The Bertz CT molecular complexity index is 1090. The average Bonchev–Trinajstić information content (AvgIpc) is 3.37. The molecule has 0 radical (unpaired) electrons. The van der Waals surface area contributed by atoms with Gasteiger partial charge in [0.15, 0.2) is 11.6 Å². The number of oxazole rings is 1. The molecule has 2 N–H and O–H groups in total. The molecule has 0 spiro atoms. The van der Waals surface area contributed by atoms with E-state index in [4.69, 9.17) is 4.42 Å². The fourth-order valence-electron chi connectivity index (χ4n) is 3.03. The lowest BCUT2D eigenvalue weighted by atomic mass is 10.2. The second-order valence-corrected chi connectivity index (χ2v) is 6.65. The van der Waals surface area contributed by atoms with Crippen molar-refractivity contribution >= 4 is 16.9 Å². The summed E-state index contributed by atoms with van der Waals surface area (Å²) in [6.07, 6.45) is 6.03. The van der Waals surface area contributed by atoms with Gasteiger partial charge in [-0.2, -0.15) is 0 Å². The maximum atomic E-state index is 13.5. The first-order valence-electron chi connectivity index (χ1n) is 9.44. The summed E-state index contributed by atoms with van der Waals surface area (Å²) >= 11 is 0. The zero-order valence-corrected chi connectivity index (χ0v) is 15.7. The molecule has 1 aromatic carbocycles. The smallest absolute Gasteiger partial charge is 0.273 e. The van der Waals surface area contributed by atoms with Gasteiger partial charge in [-0.15, -0.1) is 0 Å². The van der Waals surface area contributed by atoms with Crippen LogP contribution in [0.25, 0.3) is 11.0 Å². The van der Waals surface area contributed by atoms with E-state index in [1.807, 2.05) is 24.3 Å². The molecule has 0 atom stereocenters. The summed E-state index contributed by atoms with van der Waals surface area (Å²) in [7, 11) is 0. The van der Waals surface area contributed by atoms with Gasteiger partial charge >= 0.3 is 0 Å². The van der Waals surface area contributed by atoms with E-state index in [2.05, 4.69) is 25.3 Å². The minimum Gasteiger partial charge on any atom is -0.448 e. The molecule has 8 heteroatoms. The minimum atomic E-state index is -0.460. The summed E-state index contributed by atoms with van der Waals surface area (Å²) < 4.78 is 18.9. The van der Waals surface area contributed by atoms with Gasteiger partial charge in [0.2, 0.25) is 0 Å². The molecule has 4 rings (SSSR count). The van der Waals surface area contributed by atoms with Crippen molar-refractivity contribution in [3.8, 4) is 0 Å². The summed E-state index contributed by atoms with van der Waals surface area (Å²) in [5, 5.41) is 2.59. The quantitative estimate of drug-likeness (QED) is 0.446. The number of aromatic amines is 1. The van der Waals surface area contributed by atoms with Crippen molar-refractivity contribution in [3.05, 3.63) is 77.8 Å². The van der Waals surface area contributed by atoms with Crippen LogP contribution in [0.1, 0.15) is 40.7 Å². The minimum absolute atomic E-state index is 0.00873. The van der Waals surface area contributed by atoms with Crippen molar-refractivity contribution in [1.82, 2.24) is 25.3 Å². The predicted molar refractivity (Wildman–Crippen MR) is 105 cm³/mol. The lowest BCUT2D eigenvalue weighted by Gasteiger charge is -2.03. The van der Waals surface area contributed by atoms with Gasteiger partial charge < -0.3 is 14.7 Å². The van der Waals surface area contributed by atoms with Gasteiger partial charge in [-0.05, 0) is 37.1 Å². The number of para-hydroxylation sites is 2. The van der Waals surface area contributed by atoms with Crippen molar-refractivity contribution in [3.63, 3.8) is 0 Å². The van der Waals surface area contributed by atoms with Crippen LogP contribution in [0.15, 0.2) is 53.3 Å². The van der Waals surface area contributed by atoms with Crippen LogP contribution in [0.2, 0.25) is 0 Å². The fraction of sp³-hybridized carbons (Fsp3) is 0.238. The van der Waals surface area contributed by atoms with Crippen LogP contribution < -0.4 is 5.32 Å². The van der Waals surface area contributed by atoms with Crippen LogP contribution >= 0.6 is 0 Å². The second-order valence-electron chi connectivity index (χ2n) is 6.65. The largest absolute Gasteiger partial charge is 0.448 e. The van der Waals surface area contributed by atoms with Crippen molar-refractivity contribution < 1.29 is 13.6 Å². The van der Waals surface area contributed by atoms with Crippen LogP contribution in [0, 0.1) is 5.82 Å². The van der Waals surface area contributed by atoms with E-state index in [1.165, 1.54) is 24.6 Å². The van der Waals surface area contributed by atoms with Crippen molar-refractivity contribution in [2.75, 3.05) is 0 Å². The molecular weight excluding hydrogens is 373 g/mol. The number of rotatable bonds is 8. The molecule has 0 unspecified atom stereocenters. The monoisotopic (exact) mass is 393 g/mol. The Labute approximate surface area is 166 Å². The Morgan fingerprint density at radius 2 is 1.97 bits per heavy atom. The van der Waals surface area contributed by atoms with Crippen LogP contribution in [-0.4, -0.2) is 25.8 Å². The number of aromatic nitrogens is 4. The number of fused-ring (bicyclic) bond motifs is 1. The molecular formula is C21H20FN5O2. The van der Waals surface area contributed by atoms with Gasteiger partial charge in [-0.25, -0.2) is 14.4 Å². The van der Waals surface area contributed by atoms with E-state index >= 15 is 0 Å². The van der Waals surface area contributed by atoms with Crippen LogP contribution in [0.3, 0.4) is 0 Å². The number of carbonyl (C=O) groups is 1. The number of nitrogens with one attached hydrogen (secondary N) is 2. The Kier molecular flexibility index (Phi) is 5.60. The SMILES string of the molecule is O=C(NCc1ncccc1F)c1coc(CCCCc2nc3ccccc3[nH]2)n1. The Hall–Kier alpha value is -3.55. The predicted octanol–water partition coefficient (Wildman–Crippen LogP) is 3.58. The molecule has 0 bridgehead atoms. The van der Waals surface area contributed by atoms with Crippen molar-refractivity contribution in [2.24, 2.45) is 0 Å². The van der Waals surface area contributed by atoms with Crippen molar-refractivity contribution in [1.29, 1.82) is 0 Å². The lowest BCUT2D eigenvalue weighted by molar-refractivity contribution is 0.0945. The number of aryl methyl sites for hydroxylation is 2. The third-order valence-electron chi connectivity index (χ3n) is 4.53. The number of carbonyl (C=O) groups excluding carboxylic acids is 1. The van der Waals surface area contributed by atoms with E-state index in [0.29, 0.717) is 12.3 Å². The first kappa shape index (κ1) is 18.8. The third kappa shape index (κ3) is 4.66. The molecule has 29 heavy (non-hydrogen) atoms. The molecule has 0 aliphatic carbocycles. The molecule has 0 aliphatic heterocycles. The zero-order valence-electron chi connectivity index (χ0n) is 15.7.